The molecular formula is C16H19N5O2. The number of amides is 3. The molecule has 0 radical (unpaired) electrons. The van der Waals surface area contributed by atoms with E-state index in [1.807, 2.05) is 42.7 Å². The van der Waals surface area contributed by atoms with E-state index >= 15 is 0 Å². The summed E-state index contributed by atoms with van der Waals surface area (Å²) in [7, 11) is 0. The fourth-order valence-electron chi connectivity index (χ4n) is 2.48. The number of imidazole rings is 1. The second-order valence-corrected chi connectivity index (χ2v) is 5.86. The number of aromatic nitrogens is 2. The summed E-state index contributed by atoms with van der Waals surface area (Å²) < 4.78 is 1.98. The first-order valence-electron chi connectivity index (χ1n) is 7.41. The Morgan fingerprint density at radius 3 is 2.35 bits per heavy atom. The lowest BCUT2D eigenvalue weighted by Gasteiger charge is -2.16. The maximum Gasteiger partial charge on any atom is 0.313 e. The monoisotopic (exact) mass is 313 g/mol. The highest BCUT2D eigenvalue weighted by atomic mass is 16.2. The number of nitrogens with zero attached hydrogens (tertiary/aromatic N) is 2. The van der Waals surface area contributed by atoms with Crippen LogP contribution in [0.2, 0.25) is 0 Å². The second-order valence-electron chi connectivity index (χ2n) is 5.86. The first-order valence-corrected chi connectivity index (χ1v) is 7.41. The van der Waals surface area contributed by atoms with E-state index in [4.69, 9.17) is 5.73 Å². The molecule has 2 aromatic rings. The predicted octanol–water partition coefficient (Wildman–Crippen LogP) is 1.63. The minimum Gasteiger partial charge on any atom is -0.352 e. The average molecular weight is 313 g/mol. The van der Waals surface area contributed by atoms with Crippen LogP contribution in [0.3, 0.4) is 0 Å². The lowest BCUT2D eigenvalue weighted by Crippen LogP contribution is -2.48. The SMILES string of the molecule is Cc1ncn(-c2ccc(NC(=O)C3(NC(N)=O)CC3)cc2)c1C. The van der Waals surface area contributed by atoms with Crippen molar-refractivity contribution in [3.63, 3.8) is 0 Å². The van der Waals surface area contributed by atoms with Crippen LogP contribution in [0.15, 0.2) is 30.6 Å². The van der Waals surface area contributed by atoms with E-state index in [1.54, 1.807) is 6.33 Å². The number of urea groups is 1. The number of primary amides is 1. The summed E-state index contributed by atoms with van der Waals surface area (Å²) >= 11 is 0. The van der Waals surface area contributed by atoms with Gasteiger partial charge in [-0.1, -0.05) is 0 Å². The summed E-state index contributed by atoms with van der Waals surface area (Å²) in [5, 5.41) is 5.33. The molecule has 3 amide bonds. The van der Waals surface area contributed by atoms with Crippen molar-refractivity contribution >= 4 is 17.6 Å². The van der Waals surface area contributed by atoms with Crippen molar-refractivity contribution in [2.75, 3.05) is 5.32 Å². The molecule has 1 saturated carbocycles. The molecule has 0 aliphatic heterocycles. The number of anilines is 1. The average Bonchev–Trinajstić information content (AvgIpc) is 3.21. The maximum atomic E-state index is 12.2. The van der Waals surface area contributed by atoms with E-state index in [9.17, 15) is 9.59 Å². The molecule has 120 valence electrons. The molecular weight excluding hydrogens is 294 g/mol. The lowest BCUT2D eigenvalue weighted by atomic mass is 10.2. The van der Waals surface area contributed by atoms with Crippen LogP contribution in [0.5, 0.6) is 0 Å². The van der Waals surface area contributed by atoms with E-state index in [0.29, 0.717) is 18.5 Å². The Kier molecular flexibility index (Phi) is 3.55. The number of rotatable bonds is 4. The number of benzene rings is 1. The van der Waals surface area contributed by atoms with Gasteiger partial charge in [0.25, 0.3) is 0 Å². The summed E-state index contributed by atoms with van der Waals surface area (Å²) in [4.78, 5) is 27.5. The molecule has 23 heavy (non-hydrogen) atoms. The summed E-state index contributed by atoms with van der Waals surface area (Å²) in [5.74, 6) is -0.237. The zero-order valence-corrected chi connectivity index (χ0v) is 13.1. The fraction of sp³-hybridized carbons (Fsp3) is 0.312. The molecule has 0 saturated heterocycles. The highest BCUT2D eigenvalue weighted by Gasteiger charge is 2.51. The van der Waals surface area contributed by atoms with Gasteiger partial charge in [-0.3, -0.25) is 4.79 Å². The first kappa shape index (κ1) is 15.1. The number of nitrogens with two attached hydrogens (primary N) is 1. The van der Waals surface area contributed by atoms with Gasteiger partial charge >= 0.3 is 6.03 Å². The maximum absolute atomic E-state index is 12.2. The quantitative estimate of drug-likeness (QED) is 0.799. The third-order valence-corrected chi connectivity index (χ3v) is 4.20. The van der Waals surface area contributed by atoms with Gasteiger partial charge in [-0.25, -0.2) is 9.78 Å². The Morgan fingerprint density at radius 1 is 1.22 bits per heavy atom. The largest absolute Gasteiger partial charge is 0.352 e. The summed E-state index contributed by atoms with van der Waals surface area (Å²) in [6.07, 6.45) is 2.98. The summed E-state index contributed by atoms with van der Waals surface area (Å²) in [6, 6.07) is 6.78. The van der Waals surface area contributed by atoms with E-state index in [1.165, 1.54) is 0 Å². The minimum atomic E-state index is -0.845. The van der Waals surface area contributed by atoms with Crippen molar-refractivity contribution in [2.24, 2.45) is 5.73 Å². The third-order valence-electron chi connectivity index (χ3n) is 4.20. The molecule has 0 bridgehead atoms. The van der Waals surface area contributed by atoms with Crippen LogP contribution in [0.1, 0.15) is 24.2 Å². The molecule has 7 nitrogen and oxygen atoms in total. The molecule has 1 aromatic carbocycles. The van der Waals surface area contributed by atoms with Crippen LogP contribution in [-0.2, 0) is 4.79 Å². The molecule has 0 unspecified atom stereocenters. The van der Waals surface area contributed by atoms with Gasteiger partial charge in [0.2, 0.25) is 5.91 Å². The van der Waals surface area contributed by atoms with E-state index in [0.717, 1.165) is 17.1 Å². The molecule has 1 aromatic heterocycles. The Hall–Kier alpha value is -2.83. The smallest absolute Gasteiger partial charge is 0.313 e. The molecule has 7 heteroatoms. The Bertz CT molecular complexity index is 759. The van der Waals surface area contributed by atoms with Gasteiger partial charge < -0.3 is 20.9 Å². The molecule has 0 spiro atoms. The number of carbonyl (C=O) groups is 2. The van der Waals surface area contributed by atoms with Crippen LogP contribution in [-0.4, -0.2) is 27.0 Å². The number of aryl methyl sites for hydroxylation is 1. The van der Waals surface area contributed by atoms with Crippen LogP contribution >= 0.6 is 0 Å². The molecule has 3 rings (SSSR count). The number of nitrogens with one attached hydrogen (secondary N) is 2. The molecule has 1 aliphatic rings. The van der Waals surface area contributed by atoms with Crippen molar-refractivity contribution in [3.8, 4) is 5.69 Å². The van der Waals surface area contributed by atoms with Crippen molar-refractivity contribution in [1.82, 2.24) is 14.9 Å². The van der Waals surface area contributed by atoms with Crippen LogP contribution in [0.4, 0.5) is 10.5 Å². The lowest BCUT2D eigenvalue weighted by molar-refractivity contribution is -0.118. The van der Waals surface area contributed by atoms with Crippen LogP contribution in [0.25, 0.3) is 5.69 Å². The van der Waals surface area contributed by atoms with Crippen LogP contribution < -0.4 is 16.4 Å². The third kappa shape index (κ3) is 2.90. The second kappa shape index (κ2) is 5.42. The van der Waals surface area contributed by atoms with Gasteiger partial charge in [0.1, 0.15) is 5.54 Å². The van der Waals surface area contributed by atoms with Gasteiger partial charge in [-0.05, 0) is 51.0 Å². The van der Waals surface area contributed by atoms with Crippen molar-refractivity contribution in [2.45, 2.75) is 32.2 Å². The van der Waals surface area contributed by atoms with Crippen LogP contribution in [0, 0.1) is 13.8 Å². The van der Waals surface area contributed by atoms with Crippen molar-refractivity contribution in [1.29, 1.82) is 0 Å². The molecule has 1 aliphatic carbocycles. The highest BCUT2D eigenvalue weighted by Crippen LogP contribution is 2.36. The topological polar surface area (TPSA) is 102 Å². The molecule has 4 N–H and O–H groups in total. The number of hydrogen-bond acceptors (Lipinski definition) is 3. The van der Waals surface area contributed by atoms with Crippen molar-refractivity contribution < 1.29 is 9.59 Å². The number of carbonyl (C=O) groups excluding carboxylic acids is 2. The number of hydrogen-bond donors (Lipinski definition) is 3. The van der Waals surface area contributed by atoms with E-state index in [-0.39, 0.29) is 5.91 Å². The normalized spacial score (nSPS) is 15.0. The fourth-order valence-corrected chi connectivity index (χ4v) is 2.48. The van der Waals surface area contributed by atoms with Gasteiger partial charge in [0.05, 0.1) is 12.0 Å². The Morgan fingerprint density at radius 2 is 1.87 bits per heavy atom. The van der Waals surface area contributed by atoms with E-state index < -0.39 is 11.6 Å². The molecule has 1 fully saturated rings. The Labute approximate surface area is 133 Å². The van der Waals surface area contributed by atoms with Gasteiger partial charge in [0.15, 0.2) is 0 Å². The highest BCUT2D eigenvalue weighted by molar-refractivity contribution is 6.02. The van der Waals surface area contributed by atoms with Crippen molar-refractivity contribution in [3.05, 3.63) is 42.0 Å². The first-order chi connectivity index (χ1) is 10.9. The standard InChI is InChI=1S/C16H19N5O2/c1-10-11(2)21(9-18-10)13-5-3-12(4-6-13)19-14(22)16(7-8-16)20-15(17)23/h3-6,9H,7-8H2,1-2H3,(H,19,22)(H3,17,20,23). The van der Waals surface area contributed by atoms with E-state index in [2.05, 4.69) is 15.6 Å². The van der Waals surface area contributed by atoms with Gasteiger partial charge in [0, 0.05) is 17.1 Å². The van der Waals surface area contributed by atoms with Gasteiger partial charge in [-0.15, -0.1) is 0 Å². The predicted molar refractivity (Wildman–Crippen MR) is 86.4 cm³/mol. The summed E-state index contributed by atoms with van der Waals surface area (Å²) in [6.45, 7) is 3.96. The molecule has 1 heterocycles. The Balaban J connectivity index is 1.72. The zero-order valence-electron chi connectivity index (χ0n) is 13.1. The summed E-state index contributed by atoms with van der Waals surface area (Å²) in [5.41, 5.74) is 7.96. The van der Waals surface area contributed by atoms with Gasteiger partial charge in [-0.2, -0.15) is 0 Å². The molecule has 0 atom stereocenters. The minimum absolute atomic E-state index is 0.237. The zero-order chi connectivity index (χ0) is 16.6.